The van der Waals surface area contributed by atoms with Crippen LogP contribution in [0.4, 0.5) is 0 Å². The molecule has 2 rings (SSSR count). The molecule has 2 amide bonds. The van der Waals surface area contributed by atoms with E-state index < -0.39 is 5.97 Å². The van der Waals surface area contributed by atoms with Crippen molar-refractivity contribution in [1.29, 1.82) is 0 Å². The summed E-state index contributed by atoms with van der Waals surface area (Å²) >= 11 is 0. The maximum atomic E-state index is 11.8. The van der Waals surface area contributed by atoms with E-state index in [2.05, 4.69) is 10.6 Å². The number of rotatable bonds is 6. The fourth-order valence-electron chi connectivity index (χ4n) is 2.79. The van der Waals surface area contributed by atoms with Gasteiger partial charge >= 0.3 is 5.97 Å². The highest BCUT2D eigenvalue weighted by Crippen LogP contribution is 2.24. The third kappa shape index (κ3) is 5.73. The molecule has 1 aliphatic carbocycles. The Hall–Kier alpha value is -2.37. The molecule has 1 saturated carbocycles. The topological polar surface area (TPSA) is 95.5 Å². The summed E-state index contributed by atoms with van der Waals surface area (Å²) in [6.07, 6.45) is 2.75. The highest BCUT2D eigenvalue weighted by Gasteiger charge is 2.26. The summed E-state index contributed by atoms with van der Waals surface area (Å²) in [6, 6.07) is 9.34. The smallest absolute Gasteiger partial charge is 0.306 e. The SMILES string of the molecule is O=C(Cc1ccccc1)NCC(=O)NC1CCC(C(=O)O)CC1. The molecule has 1 aromatic rings. The average Bonchev–Trinajstić information content (AvgIpc) is 2.54. The van der Waals surface area contributed by atoms with Gasteiger partial charge in [0, 0.05) is 6.04 Å². The number of carboxylic acid groups (broad SMARTS) is 1. The van der Waals surface area contributed by atoms with Crippen LogP contribution in [0.15, 0.2) is 30.3 Å². The van der Waals surface area contributed by atoms with Gasteiger partial charge in [0.25, 0.3) is 0 Å². The largest absolute Gasteiger partial charge is 0.481 e. The van der Waals surface area contributed by atoms with Crippen LogP contribution in [0.2, 0.25) is 0 Å². The highest BCUT2D eigenvalue weighted by molar-refractivity contribution is 5.85. The van der Waals surface area contributed by atoms with Crippen molar-refractivity contribution in [2.75, 3.05) is 6.54 Å². The molecule has 1 aromatic carbocycles. The fourth-order valence-corrected chi connectivity index (χ4v) is 2.79. The molecule has 0 bridgehead atoms. The molecule has 1 fully saturated rings. The van der Waals surface area contributed by atoms with E-state index in [0.29, 0.717) is 25.7 Å². The van der Waals surface area contributed by atoms with Gasteiger partial charge in [-0.2, -0.15) is 0 Å². The van der Waals surface area contributed by atoms with Gasteiger partial charge in [-0.25, -0.2) is 0 Å². The van der Waals surface area contributed by atoms with E-state index in [4.69, 9.17) is 5.11 Å². The molecule has 0 spiro atoms. The molecule has 0 unspecified atom stereocenters. The van der Waals surface area contributed by atoms with Crippen LogP contribution in [-0.4, -0.2) is 35.5 Å². The molecule has 3 N–H and O–H groups in total. The molecule has 0 saturated heterocycles. The number of carbonyl (C=O) groups is 3. The molecule has 0 heterocycles. The average molecular weight is 318 g/mol. The zero-order valence-corrected chi connectivity index (χ0v) is 13.0. The zero-order chi connectivity index (χ0) is 16.7. The minimum absolute atomic E-state index is 0.00382. The van der Waals surface area contributed by atoms with Crippen LogP contribution in [0.3, 0.4) is 0 Å². The third-order valence-electron chi connectivity index (χ3n) is 4.10. The van der Waals surface area contributed by atoms with Gasteiger partial charge in [0.1, 0.15) is 0 Å². The monoisotopic (exact) mass is 318 g/mol. The summed E-state index contributed by atoms with van der Waals surface area (Å²) in [6.45, 7) is -0.0511. The van der Waals surface area contributed by atoms with Crippen molar-refractivity contribution in [3.05, 3.63) is 35.9 Å². The van der Waals surface area contributed by atoms with E-state index in [0.717, 1.165) is 5.56 Å². The van der Waals surface area contributed by atoms with Crippen LogP contribution in [0.25, 0.3) is 0 Å². The van der Waals surface area contributed by atoms with Gasteiger partial charge in [-0.15, -0.1) is 0 Å². The predicted octanol–water partition coefficient (Wildman–Crippen LogP) is 1.10. The normalized spacial score (nSPS) is 20.5. The van der Waals surface area contributed by atoms with Gasteiger partial charge in [-0.3, -0.25) is 14.4 Å². The summed E-state index contributed by atoms with van der Waals surface area (Å²) < 4.78 is 0. The minimum Gasteiger partial charge on any atom is -0.481 e. The number of benzene rings is 1. The van der Waals surface area contributed by atoms with E-state index in [1.165, 1.54) is 0 Å². The Kier molecular flexibility index (Phi) is 6.14. The fraction of sp³-hybridized carbons (Fsp3) is 0.471. The lowest BCUT2D eigenvalue weighted by Crippen LogP contribution is -2.44. The molecule has 6 heteroatoms. The zero-order valence-electron chi connectivity index (χ0n) is 13.0. The number of nitrogens with one attached hydrogen (secondary N) is 2. The number of carbonyl (C=O) groups excluding carboxylic acids is 2. The first-order valence-corrected chi connectivity index (χ1v) is 7.87. The lowest BCUT2D eigenvalue weighted by molar-refractivity contribution is -0.142. The summed E-state index contributed by atoms with van der Waals surface area (Å²) in [7, 11) is 0. The van der Waals surface area contributed by atoms with Gasteiger partial charge in [0.05, 0.1) is 18.9 Å². The number of carboxylic acids is 1. The Morgan fingerprint density at radius 1 is 1.00 bits per heavy atom. The maximum Gasteiger partial charge on any atom is 0.306 e. The Bertz CT molecular complexity index is 551. The molecule has 0 aliphatic heterocycles. The molecule has 23 heavy (non-hydrogen) atoms. The van der Waals surface area contributed by atoms with E-state index in [9.17, 15) is 14.4 Å². The van der Waals surface area contributed by atoms with Crippen LogP contribution in [0.1, 0.15) is 31.2 Å². The first-order chi connectivity index (χ1) is 11.0. The predicted molar refractivity (Wildman–Crippen MR) is 84.7 cm³/mol. The van der Waals surface area contributed by atoms with Crippen LogP contribution in [-0.2, 0) is 20.8 Å². The van der Waals surface area contributed by atoms with Crippen molar-refractivity contribution in [1.82, 2.24) is 10.6 Å². The summed E-state index contributed by atoms with van der Waals surface area (Å²) in [4.78, 5) is 34.5. The lowest BCUT2D eigenvalue weighted by atomic mass is 9.86. The molecule has 0 aromatic heterocycles. The standard InChI is InChI=1S/C17H22N2O4/c20-15(10-12-4-2-1-3-5-12)18-11-16(21)19-14-8-6-13(7-9-14)17(22)23/h1-5,13-14H,6-11H2,(H,18,20)(H,19,21)(H,22,23). The van der Waals surface area contributed by atoms with Crippen LogP contribution in [0, 0.1) is 5.92 Å². The molecular formula is C17H22N2O4. The Morgan fingerprint density at radius 3 is 2.26 bits per heavy atom. The third-order valence-corrected chi connectivity index (χ3v) is 4.10. The van der Waals surface area contributed by atoms with Crippen LogP contribution >= 0.6 is 0 Å². The van der Waals surface area contributed by atoms with Crippen molar-refractivity contribution in [3.63, 3.8) is 0 Å². The van der Waals surface area contributed by atoms with Crippen molar-refractivity contribution in [2.45, 2.75) is 38.1 Å². The Labute approximate surface area is 135 Å². The number of hydrogen-bond donors (Lipinski definition) is 3. The molecule has 6 nitrogen and oxygen atoms in total. The quantitative estimate of drug-likeness (QED) is 0.732. The number of hydrogen-bond acceptors (Lipinski definition) is 3. The summed E-state index contributed by atoms with van der Waals surface area (Å²) in [5.74, 6) is -1.48. The first kappa shape index (κ1) is 17.0. The molecule has 0 atom stereocenters. The van der Waals surface area contributed by atoms with Gasteiger partial charge < -0.3 is 15.7 Å². The highest BCUT2D eigenvalue weighted by atomic mass is 16.4. The van der Waals surface area contributed by atoms with E-state index in [1.807, 2.05) is 30.3 Å². The van der Waals surface area contributed by atoms with Crippen LogP contribution in [0.5, 0.6) is 0 Å². The van der Waals surface area contributed by atoms with E-state index >= 15 is 0 Å². The second-order valence-corrected chi connectivity index (χ2v) is 5.89. The summed E-state index contributed by atoms with van der Waals surface area (Å²) in [5.41, 5.74) is 0.900. The van der Waals surface area contributed by atoms with Crippen molar-refractivity contribution >= 4 is 17.8 Å². The molecular weight excluding hydrogens is 296 g/mol. The van der Waals surface area contributed by atoms with Crippen molar-refractivity contribution in [3.8, 4) is 0 Å². The van der Waals surface area contributed by atoms with Gasteiger partial charge in [0.2, 0.25) is 11.8 Å². The van der Waals surface area contributed by atoms with Crippen molar-refractivity contribution < 1.29 is 19.5 Å². The first-order valence-electron chi connectivity index (χ1n) is 7.87. The van der Waals surface area contributed by atoms with Gasteiger partial charge in [0.15, 0.2) is 0 Å². The Balaban J connectivity index is 1.65. The second kappa shape index (κ2) is 8.31. The summed E-state index contributed by atoms with van der Waals surface area (Å²) in [5, 5.41) is 14.4. The van der Waals surface area contributed by atoms with Crippen LogP contribution < -0.4 is 10.6 Å². The molecule has 0 radical (unpaired) electrons. The van der Waals surface area contributed by atoms with Gasteiger partial charge in [-0.05, 0) is 31.2 Å². The maximum absolute atomic E-state index is 11.8. The lowest BCUT2D eigenvalue weighted by Gasteiger charge is -2.26. The van der Waals surface area contributed by atoms with E-state index in [-0.39, 0.29) is 36.7 Å². The Morgan fingerprint density at radius 2 is 1.65 bits per heavy atom. The second-order valence-electron chi connectivity index (χ2n) is 5.89. The van der Waals surface area contributed by atoms with Crippen molar-refractivity contribution in [2.24, 2.45) is 5.92 Å². The van der Waals surface area contributed by atoms with Gasteiger partial charge in [-0.1, -0.05) is 30.3 Å². The minimum atomic E-state index is -0.761. The van der Waals surface area contributed by atoms with E-state index in [1.54, 1.807) is 0 Å². The number of aliphatic carboxylic acids is 1. The molecule has 1 aliphatic rings. The molecule has 124 valence electrons. The number of amides is 2.